The van der Waals surface area contributed by atoms with Crippen molar-refractivity contribution in [3.63, 3.8) is 0 Å². The average Bonchev–Trinajstić information content (AvgIpc) is 2.48. The molecular formula is C14H29N3O3S. The lowest BCUT2D eigenvalue weighted by Gasteiger charge is -2.36. The Hall–Kier alpha value is -0.210. The zero-order chi connectivity index (χ0) is 15.3. The molecule has 0 aromatic rings. The van der Waals surface area contributed by atoms with Gasteiger partial charge in [0.15, 0.2) is 0 Å². The van der Waals surface area contributed by atoms with Crippen molar-refractivity contribution in [3.8, 4) is 0 Å². The molecule has 1 N–H and O–H groups in total. The molecule has 0 saturated carbocycles. The number of ether oxygens (including phenoxy) is 1. The first-order valence-corrected chi connectivity index (χ1v) is 9.43. The first-order chi connectivity index (χ1) is 10.00. The molecule has 0 aromatic carbocycles. The summed E-state index contributed by atoms with van der Waals surface area (Å²) in [5, 5.41) is 3.45. The van der Waals surface area contributed by atoms with Gasteiger partial charge in [0.2, 0.25) is 0 Å². The molecule has 0 bridgehead atoms. The first kappa shape index (κ1) is 17.1. The molecule has 0 amide bonds. The van der Waals surface area contributed by atoms with Crippen LogP contribution in [0.2, 0.25) is 0 Å². The fraction of sp³-hybridized carbons (Fsp3) is 1.00. The number of piperidine rings is 1. The fourth-order valence-electron chi connectivity index (χ4n) is 2.92. The number of nitrogens with zero attached hydrogens (tertiary/aromatic N) is 2. The Balaban J connectivity index is 1.87. The number of hydrogen-bond acceptors (Lipinski definition) is 4. The molecule has 0 aliphatic carbocycles. The average molecular weight is 319 g/mol. The van der Waals surface area contributed by atoms with Crippen molar-refractivity contribution in [1.29, 1.82) is 0 Å². The second-order valence-electron chi connectivity index (χ2n) is 6.44. The molecule has 2 saturated heterocycles. The Morgan fingerprint density at radius 2 is 1.90 bits per heavy atom. The number of rotatable bonds is 6. The first-order valence-electron chi connectivity index (χ1n) is 8.04. The van der Waals surface area contributed by atoms with Crippen molar-refractivity contribution >= 4 is 10.2 Å². The highest BCUT2D eigenvalue weighted by molar-refractivity contribution is 7.86. The topological polar surface area (TPSA) is 61.9 Å². The quantitative estimate of drug-likeness (QED) is 0.775. The maximum absolute atomic E-state index is 12.6. The molecule has 1 atom stereocenters. The summed E-state index contributed by atoms with van der Waals surface area (Å²) in [6, 6.07) is 0. The molecule has 1 unspecified atom stereocenters. The van der Waals surface area contributed by atoms with E-state index in [1.54, 1.807) is 8.61 Å². The molecule has 0 spiro atoms. The zero-order valence-corrected chi connectivity index (χ0v) is 14.1. The maximum atomic E-state index is 12.6. The van der Waals surface area contributed by atoms with Crippen LogP contribution >= 0.6 is 0 Å². The van der Waals surface area contributed by atoms with Gasteiger partial charge in [-0.05, 0) is 37.8 Å². The van der Waals surface area contributed by atoms with E-state index in [2.05, 4.69) is 19.2 Å². The van der Waals surface area contributed by atoms with Crippen molar-refractivity contribution in [3.05, 3.63) is 0 Å². The summed E-state index contributed by atoms with van der Waals surface area (Å²) < 4.78 is 33.8. The Bertz CT molecular complexity index is 408. The number of nitrogens with one attached hydrogen (secondary N) is 1. The van der Waals surface area contributed by atoms with Crippen LogP contribution in [-0.4, -0.2) is 69.5 Å². The lowest BCUT2D eigenvalue weighted by Crippen LogP contribution is -2.52. The zero-order valence-electron chi connectivity index (χ0n) is 13.3. The highest BCUT2D eigenvalue weighted by atomic mass is 32.2. The Morgan fingerprint density at radius 3 is 2.57 bits per heavy atom. The molecule has 0 aromatic heterocycles. The summed E-state index contributed by atoms with van der Waals surface area (Å²) in [5.74, 6) is 1.05. The molecule has 2 aliphatic rings. The standard InChI is InChI=1S/C14H29N3O3S/c1-13(2)10-15-11-14-4-3-5-17(12-14)21(18,19)16-6-8-20-9-7-16/h13-15H,3-12H2,1-2H3. The van der Waals surface area contributed by atoms with Crippen molar-refractivity contribution in [2.75, 3.05) is 52.5 Å². The van der Waals surface area contributed by atoms with Crippen LogP contribution in [0.1, 0.15) is 26.7 Å². The molecule has 21 heavy (non-hydrogen) atoms. The summed E-state index contributed by atoms with van der Waals surface area (Å²) in [5.41, 5.74) is 0. The second kappa shape index (κ2) is 7.87. The number of morpholine rings is 1. The fourth-order valence-corrected chi connectivity index (χ4v) is 4.62. The highest BCUT2D eigenvalue weighted by Crippen LogP contribution is 2.21. The summed E-state index contributed by atoms with van der Waals surface area (Å²) in [6.07, 6.45) is 2.07. The molecule has 124 valence electrons. The van der Waals surface area contributed by atoms with Gasteiger partial charge in [0.05, 0.1) is 13.2 Å². The highest BCUT2D eigenvalue weighted by Gasteiger charge is 2.34. The summed E-state index contributed by atoms with van der Waals surface area (Å²) in [7, 11) is -3.30. The normalized spacial score (nSPS) is 26.3. The third-order valence-electron chi connectivity index (χ3n) is 4.09. The van der Waals surface area contributed by atoms with Gasteiger partial charge in [-0.2, -0.15) is 17.0 Å². The monoisotopic (exact) mass is 319 g/mol. The van der Waals surface area contributed by atoms with E-state index in [1.165, 1.54) is 0 Å². The van der Waals surface area contributed by atoms with Crippen LogP contribution in [0.15, 0.2) is 0 Å². The Kier molecular flexibility index (Phi) is 6.43. The van der Waals surface area contributed by atoms with Gasteiger partial charge in [0.1, 0.15) is 0 Å². The predicted molar refractivity (Wildman–Crippen MR) is 83.3 cm³/mol. The summed E-state index contributed by atoms with van der Waals surface area (Å²) >= 11 is 0. The number of hydrogen-bond donors (Lipinski definition) is 1. The predicted octanol–water partition coefficient (Wildman–Crippen LogP) is 0.521. The van der Waals surface area contributed by atoms with Gasteiger partial charge in [-0.1, -0.05) is 13.8 Å². The molecular weight excluding hydrogens is 290 g/mol. The van der Waals surface area contributed by atoms with Gasteiger partial charge < -0.3 is 10.1 Å². The van der Waals surface area contributed by atoms with E-state index < -0.39 is 10.2 Å². The molecule has 2 aliphatic heterocycles. The summed E-state index contributed by atoms with van der Waals surface area (Å²) in [6.45, 7) is 9.54. The van der Waals surface area contributed by atoms with Crippen LogP contribution in [-0.2, 0) is 14.9 Å². The van der Waals surface area contributed by atoms with Gasteiger partial charge in [-0.15, -0.1) is 0 Å². The van der Waals surface area contributed by atoms with Gasteiger partial charge in [0.25, 0.3) is 10.2 Å². The van der Waals surface area contributed by atoms with E-state index >= 15 is 0 Å². The van der Waals surface area contributed by atoms with E-state index in [4.69, 9.17) is 4.74 Å². The largest absolute Gasteiger partial charge is 0.379 e. The maximum Gasteiger partial charge on any atom is 0.282 e. The van der Waals surface area contributed by atoms with Gasteiger partial charge >= 0.3 is 0 Å². The van der Waals surface area contributed by atoms with Crippen molar-refractivity contribution in [2.24, 2.45) is 11.8 Å². The molecule has 6 nitrogen and oxygen atoms in total. The minimum Gasteiger partial charge on any atom is -0.379 e. The van der Waals surface area contributed by atoms with Gasteiger partial charge in [-0.25, -0.2) is 0 Å². The van der Waals surface area contributed by atoms with E-state index in [9.17, 15) is 8.42 Å². The smallest absolute Gasteiger partial charge is 0.282 e. The molecule has 2 fully saturated rings. The van der Waals surface area contributed by atoms with Crippen LogP contribution in [0.5, 0.6) is 0 Å². The Morgan fingerprint density at radius 1 is 1.19 bits per heavy atom. The van der Waals surface area contributed by atoms with Crippen molar-refractivity contribution in [2.45, 2.75) is 26.7 Å². The van der Waals surface area contributed by atoms with Gasteiger partial charge in [0, 0.05) is 26.2 Å². The SMILES string of the molecule is CC(C)CNCC1CCCN(S(=O)(=O)N2CCOCC2)C1. The van der Waals surface area contributed by atoms with Crippen LogP contribution in [0.3, 0.4) is 0 Å². The lowest BCUT2D eigenvalue weighted by atomic mass is 9.99. The Labute approximate surface area is 129 Å². The minimum atomic E-state index is -3.30. The van der Waals surface area contributed by atoms with Crippen LogP contribution in [0.4, 0.5) is 0 Å². The van der Waals surface area contributed by atoms with Gasteiger partial charge in [-0.3, -0.25) is 0 Å². The van der Waals surface area contributed by atoms with Crippen LogP contribution in [0.25, 0.3) is 0 Å². The van der Waals surface area contributed by atoms with E-state index in [0.29, 0.717) is 51.2 Å². The second-order valence-corrected chi connectivity index (χ2v) is 8.37. The molecule has 7 heteroatoms. The van der Waals surface area contributed by atoms with E-state index in [1.807, 2.05) is 0 Å². The van der Waals surface area contributed by atoms with Crippen LogP contribution in [0, 0.1) is 11.8 Å². The van der Waals surface area contributed by atoms with E-state index in [-0.39, 0.29) is 0 Å². The molecule has 2 rings (SSSR count). The van der Waals surface area contributed by atoms with Crippen LogP contribution < -0.4 is 5.32 Å². The third-order valence-corrected chi connectivity index (χ3v) is 6.09. The van der Waals surface area contributed by atoms with E-state index in [0.717, 1.165) is 25.9 Å². The molecule has 0 radical (unpaired) electrons. The van der Waals surface area contributed by atoms with Crippen molar-refractivity contribution < 1.29 is 13.2 Å². The molecule has 2 heterocycles. The summed E-state index contributed by atoms with van der Waals surface area (Å²) in [4.78, 5) is 0. The minimum absolute atomic E-state index is 0.424. The van der Waals surface area contributed by atoms with Crippen molar-refractivity contribution in [1.82, 2.24) is 13.9 Å². The third kappa shape index (κ3) is 4.89. The lowest BCUT2D eigenvalue weighted by molar-refractivity contribution is 0.0691.